The van der Waals surface area contributed by atoms with E-state index in [-0.39, 0.29) is 17.4 Å². The van der Waals surface area contributed by atoms with Crippen LogP contribution in [0.15, 0.2) is 231 Å². The first-order valence-electron chi connectivity index (χ1n) is 27.6. The molecule has 0 radical (unpaired) electrons. The normalized spacial score (nSPS) is 12.2. The van der Waals surface area contributed by atoms with Gasteiger partial charge in [-0.2, -0.15) is 8.75 Å². The molecule has 0 spiro atoms. The van der Waals surface area contributed by atoms with E-state index in [2.05, 4.69) is 274 Å². The zero-order chi connectivity index (χ0) is 54.4. The van der Waals surface area contributed by atoms with Gasteiger partial charge in [-0.25, -0.2) is 0 Å². The lowest BCUT2D eigenvalue weighted by atomic mass is 9.85. The number of rotatable bonds is 9. The van der Waals surface area contributed by atoms with Crippen LogP contribution < -0.4 is 4.90 Å². The van der Waals surface area contributed by atoms with Crippen LogP contribution in [-0.2, 0) is 17.4 Å². The molecule has 0 aliphatic rings. The summed E-state index contributed by atoms with van der Waals surface area (Å²) in [6.07, 6.45) is 0. The van der Waals surface area contributed by atoms with Gasteiger partial charge in [-0.05, 0) is 169 Å². The molecular formula is C73H59N5OS. The molecule has 3 aromatic heterocycles. The minimum atomic E-state index is 0.0107. The quantitative estimate of drug-likeness (QED) is 0.156. The molecule has 1 N–H and O–H groups in total. The topological polar surface area (TPSA) is 59.1 Å². The van der Waals surface area contributed by atoms with E-state index in [9.17, 15) is 5.11 Å². The molecule has 0 amide bonds. The molecular weight excluding hydrogens is 995 g/mol. The van der Waals surface area contributed by atoms with E-state index in [1.807, 2.05) is 12.1 Å². The molecule has 388 valence electrons. The number of hydrogen-bond donors (Lipinski definition) is 1. The van der Waals surface area contributed by atoms with Crippen molar-refractivity contribution in [2.75, 3.05) is 4.90 Å². The third-order valence-corrected chi connectivity index (χ3v) is 16.8. The fourth-order valence-electron chi connectivity index (χ4n) is 12.0. The monoisotopic (exact) mass is 1050 g/mol. The predicted molar refractivity (Wildman–Crippen MR) is 338 cm³/mol. The van der Waals surface area contributed by atoms with Gasteiger partial charge in [0.2, 0.25) is 0 Å². The Bertz CT molecular complexity index is 4600. The van der Waals surface area contributed by atoms with Crippen molar-refractivity contribution in [1.82, 2.24) is 17.9 Å². The van der Waals surface area contributed by atoms with Crippen LogP contribution in [0.25, 0.3) is 110 Å². The Labute approximate surface area is 470 Å². The van der Waals surface area contributed by atoms with Crippen molar-refractivity contribution in [1.29, 1.82) is 0 Å². The van der Waals surface area contributed by atoms with E-state index < -0.39 is 0 Å². The van der Waals surface area contributed by atoms with Gasteiger partial charge in [-0.15, -0.1) is 0 Å². The zero-order valence-corrected chi connectivity index (χ0v) is 46.6. The Morgan fingerprint density at radius 3 is 1.54 bits per heavy atom. The molecule has 0 saturated heterocycles. The lowest BCUT2D eigenvalue weighted by Gasteiger charge is -2.26. The highest BCUT2D eigenvalue weighted by molar-refractivity contribution is 7.00. The Morgan fingerprint density at radius 2 is 0.912 bits per heavy atom. The number of benzene rings is 11. The Hall–Kier alpha value is -9.14. The molecule has 6 nitrogen and oxygen atoms in total. The first-order valence-corrected chi connectivity index (χ1v) is 28.3. The first-order chi connectivity index (χ1) is 38.9. The highest BCUT2D eigenvalue weighted by atomic mass is 32.1. The van der Waals surface area contributed by atoms with Crippen molar-refractivity contribution in [3.8, 4) is 44.8 Å². The molecule has 14 rings (SSSR count). The number of aliphatic hydroxyl groups excluding tert-OH is 1. The summed E-state index contributed by atoms with van der Waals surface area (Å²) in [5, 5.41) is 17.2. The second-order valence-corrected chi connectivity index (χ2v) is 23.8. The van der Waals surface area contributed by atoms with E-state index in [1.54, 1.807) is 0 Å². The van der Waals surface area contributed by atoms with Crippen molar-refractivity contribution >= 4 is 94.2 Å². The van der Waals surface area contributed by atoms with Crippen molar-refractivity contribution in [3.63, 3.8) is 0 Å². The smallest absolute Gasteiger partial charge is 0.129 e. The summed E-state index contributed by atoms with van der Waals surface area (Å²) in [5.74, 6) is 0. The maximum atomic E-state index is 9.85. The van der Waals surface area contributed by atoms with Crippen LogP contribution in [0.1, 0.15) is 58.2 Å². The molecule has 11 aromatic carbocycles. The van der Waals surface area contributed by atoms with E-state index in [1.165, 1.54) is 71.8 Å². The zero-order valence-electron chi connectivity index (χ0n) is 45.7. The highest BCUT2D eigenvalue weighted by Crippen LogP contribution is 2.45. The Morgan fingerprint density at radius 1 is 0.412 bits per heavy atom. The average molecular weight is 1050 g/mol. The van der Waals surface area contributed by atoms with E-state index in [4.69, 9.17) is 8.75 Å². The predicted octanol–water partition coefficient (Wildman–Crippen LogP) is 19.6. The minimum Gasteiger partial charge on any atom is -0.392 e. The maximum Gasteiger partial charge on any atom is 0.129 e. The molecule has 14 aromatic rings. The second-order valence-electron chi connectivity index (χ2n) is 23.3. The third kappa shape index (κ3) is 8.35. The van der Waals surface area contributed by atoms with Gasteiger partial charge in [-0.3, -0.25) is 0 Å². The highest BCUT2D eigenvalue weighted by Gasteiger charge is 2.24. The van der Waals surface area contributed by atoms with Gasteiger partial charge in [0.05, 0.1) is 46.1 Å². The largest absolute Gasteiger partial charge is 0.392 e. The van der Waals surface area contributed by atoms with Gasteiger partial charge in [0, 0.05) is 49.9 Å². The summed E-state index contributed by atoms with van der Waals surface area (Å²) in [6, 6.07) is 83.9. The fraction of sp³-hybridized carbons (Fsp3) is 0.123. The number of aliphatic hydroxyl groups is 1. The number of anilines is 3. The van der Waals surface area contributed by atoms with Crippen LogP contribution in [-0.4, -0.2) is 23.0 Å². The molecule has 80 heavy (non-hydrogen) atoms. The molecule has 0 fully saturated rings. The van der Waals surface area contributed by atoms with Crippen molar-refractivity contribution in [3.05, 3.63) is 247 Å². The molecule has 7 heteroatoms. The Balaban J connectivity index is 0.856. The summed E-state index contributed by atoms with van der Waals surface area (Å²) >= 11 is 1.25. The van der Waals surface area contributed by atoms with Crippen molar-refractivity contribution in [2.45, 2.75) is 59.0 Å². The van der Waals surface area contributed by atoms with Crippen LogP contribution in [0.2, 0.25) is 0 Å². The van der Waals surface area contributed by atoms with Gasteiger partial charge in [0.25, 0.3) is 0 Å². The standard InChI is InChI=1S/C73H59N5OS/c1-72(2,3)53-26-39-64-61(43-53)62-44-54(73(4,5)6)27-40-65(62)77(64)58-34-22-51(23-35-58)60-36-41-68(71-70(60)74-80-75-71)76(55-30-18-48(19-31-55)47-12-8-7-9-13-47)56-32-20-49(21-33-56)52-25-37-66-63(42-52)69-59-15-11-10-14-50(59)24-38-67(69)78(66)57-28-16-46(45-79)17-29-57/h7-44,79H,45H2,1-6H3. The molecule has 0 bridgehead atoms. The number of nitrogens with zero attached hydrogens (tertiary/aromatic N) is 5. The van der Waals surface area contributed by atoms with Gasteiger partial charge in [-0.1, -0.05) is 169 Å². The van der Waals surface area contributed by atoms with Crippen LogP contribution in [0.5, 0.6) is 0 Å². The molecule has 0 saturated carbocycles. The molecule has 0 atom stereocenters. The summed E-state index contributed by atoms with van der Waals surface area (Å²) in [6.45, 7) is 13.8. The minimum absolute atomic E-state index is 0.0107. The van der Waals surface area contributed by atoms with E-state index in [0.717, 1.165) is 83.9 Å². The number of hydrogen-bond acceptors (Lipinski definition) is 5. The third-order valence-electron chi connectivity index (χ3n) is 16.3. The van der Waals surface area contributed by atoms with Crippen LogP contribution in [0.4, 0.5) is 17.1 Å². The van der Waals surface area contributed by atoms with Crippen molar-refractivity contribution < 1.29 is 5.11 Å². The summed E-state index contributed by atoms with van der Waals surface area (Å²) in [7, 11) is 0. The Kier molecular flexibility index (Phi) is 11.7. The molecule has 3 heterocycles. The lowest BCUT2D eigenvalue weighted by Crippen LogP contribution is -2.10. The van der Waals surface area contributed by atoms with Crippen LogP contribution in [0.3, 0.4) is 0 Å². The summed E-state index contributed by atoms with van der Waals surface area (Å²) in [4.78, 5) is 2.32. The SMILES string of the molecule is CC(C)(C)c1ccc2c(c1)c1cc(C(C)(C)C)ccc1n2-c1ccc(-c2ccc(N(c3ccc(-c4ccccc4)cc3)c3ccc(-c4ccc5c(c4)c4c6ccccc6ccc4n5-c4ccc(CO)cc4)cc3)c3nsnc23)cc1. The fourth-order valence-corrected chi connectivity index (χ4v) is 12.5. The van der Waals surface area contributed by atoms with Gasteiger partial charge < -0.3 is 19.1 Å². The van der Waals surface area contributed by atoms with Gasteiger partial charge in [0.15, 0.2) is 0 Å². The average Bonchev–Trinajstić information content (AvgIpc) is 4.26. The molecule has 0 aliphatic carbocycles. The first kappa shape index (κ1) is 49.2. The molecule has 0 unspecified atom stereocenters. The summed E-state index contributed by atoms with van der Waals surface area (Å²) in [5.41, 5.74) is 21.9. The number of fused-ring (bicyclic) bond motifs is 9. The van der Waals surface area contributed by atoms with Crippen molar-refractivity contribution in [2.24, 2.45) is 0 Å². The van der Waals surface area contributed by atoms with E-state index in [0.29, 0.717) is 0 Å². The second kappa shape index (κ2) is 19.1. The van der Waals surface area contributed by atoms with Crippen LogP contribution in [0, 0.1) is 0 Å². The maximum absolute atomic E-state index is 9.85. The van der Waals surface area contributed by atoms with Gasteiger partial charge >= 0.3 is 0 Å². The van der Waals surface area contributed by atoms with E-state index >= 15 is 0 Å². The molecule has 0 aliphatic heterocycles. The van der Waals surface area contributed by atoms with Crippen LogP contribution >= 0.6 is 11.7 Å². The summed E-state index contributed by atoms with van der Waals surface area (Å²) < 4.78 is 14.8. The van der Waals surface area contributed by atoms with Gasteiger partial charge in [0.1, 0.15) is 11.0 Å². The number of aromatic nitrogens is 4. The lowest BCUT2D eigenvalue weighted by molar-refractivity contribution is 0.282.